The summed E-state index contributed by atoms with van der Waals surface area (Å²) in [7, 11) is 3.42. The van der Waals surface area contributed by atoms with E-state index in [4.69, 9.17) is 9.47 Å². The normalized spacial score (nSPS) is 19.8. The Morgan fingerprint density at radius 1 is 0.960 bits per heavy atom. The Bertz CT molecular complexity index is 501. The number of anilines is 1. The van der Waals surface area contributed by atoms with E-state index in [1.807, 2.05) is 6.07 Å². The highest BCUT2D eigenvalue weighted by atomic mass is 35.5. The number of benzene rings is 1. The highest BCUT2D eigenvalue weighted by Gasteiger charge is 2.20. The maximum absolute atomic E-state index is 5.42. The van der Waals surface area contributed by atoms with Crippen LogP contribution in [0.1, 0.15) is 19.3 Å². The highest BCUT2D eigenvalue weighted by molar-refractivity contribution is 5.85. The molecule has 1 N–H and O–H groups in total. The SMILES string of the molecule is COc1cc(OC)cc(N2CCCN(CC3CCNCC3)CC2)c1.Cl. The Morgan fingerprint density at radius 3 is 2.28 bits per heavy atom. The first-order chi connectivity index (χ1) is 11.8. The largest absolute Gasteiger partial charge is 0.497 e. The number of ether oxygens (including phenoxy) is 2. The number of rotatable bonds is 5. The number of halogens is 1. The number of hydrogen-bond donors (Lipinski definition) is 1. The van der Waals surface area contributed by atoms with Gasteiger partial charge in [0, 0.05) is 50.1 Å². The fraction of sp³-hybridized carbons (Fsp3) is 0.684. The predicted octanol–water partition coefficient (Wildman–Crippen LogP) is 2.64. The summed E-state index contributed by atoms with van der Waals surface area (Å²) in [4.78, 5) is 5.13. The summed E-state index contributed by atoms with van der Waals surface area (Å²) in [5, 5.41) is 3.46. The van der Waals surface area contributed by atoms with E-state index < -0.39 is 0 Å². The van der Waals surface area contributed by atoms with Crippen molar-refractivity contribution >= 4 is 18.1 Å². The van der Waals surface area contributed by atoms with Gasteiger partial charge >= 0.3 is 0 Å². The van der Waals surface area contributed by atoms with Crippen molar-refractivity contribution < 1.29 is 9.47 Å². The Balaban J connectivity index is 0.00000225. The van der Waals surface area contributed by atoms with Crippen LogP contribution in [0.3, 0.4) is 0 Å². The van der Waals surface area contributed by atoms with Gasteiger partial charge in [-0.05, 0) is 44.8 Å². The molecule has 1 aromatic rings. The number of nitrogens with one attached hydrogen (secondary N) is 1. The second-order valence-electron chi connectivity index (χ2n) is 6.91. The van der Waals surface area contributed by atoms with E-state index >= 15 is 0 Å². The summed E-state index contributed by atoms with van der Waals surface area (Å²) in [6.45, 7) is 8.16. The summed E-state index contributed by atoms with van der Waals surface area (Å²) < 4.78 is 10.8. The summed E-state index contributed by atoms with van der Waals surface area (Å²) in [6, 6.07) is 6.17. The van der Waals surface area contributed by atoms with Crippen LogP contribution in [0.4, 0.5) is 5.69 Å². The first-order valence-electron chi connectivity index (χ1n) is 9.19. The maximum Gasteiger partial charge on any atom is 0.124 e. The zero-order chi connectivity index (χ0) is 16.8. The molecule has 2 aliphatic heterocycles. The lowest BCUT2D eigenvalue weighted by atomic mass is 9.97. The number of hydrogen-bond acceptors (Lipinski definition) is 5. The molecule has 25 heavy (non-hydrogen) atoms. The molecule has 0 atom stereocenters. The third-order valence-corrected chi connectivity index (χ3v) is 5.26. The van der Waals surface area contributed by atoms with E-state index in [2.05, 4.69) is 27.2 Å². The smallest absolute Gasteiger partial charge is 0.124 e. The number of nitrogens with zero attached hydrogens (tertiary/aromatic N) is 2. The first kappa shape index (κ1) is 20.1. The van der Waals surface area contributed by atoms with Crippen LogP contribution in [0.15, 0.2) is 18.2 Å². The lowest BCUT2D eigenvalue weighted by molar-refractivity contribution is 0.216. The van der Waals surface area contributed by atoms with Crippen molar-refractivity contribution in [2.24, 2.45) is 5.92 Å². The summed E-state index contributed by atoms with van der Waals surface area (Å²) in [5.74, 6) is 2.59. The molecule has 0 spiro atoms. The van der Waals surface area contributed by atoms with E-state index in [1.54, 1.807) is 14.2 Å². The Hall–Kier alpha value is -1.17. The fourth-order valence-corrected chi connectivity index (χ4v) is 3.82. The van der Waals surface area contributed by atoms with E-state index in [9.17, 15) is 0 Å². The van der Waals surface area contributed by atoms with Gasteiger partial charge in [0.25, 0.3) is 0 Å². The Morgan fingerprint density at radius 2 is 1.64 bits per heavy atom. The van der Waals surface area contributed by atoms with Gasteiger partial charge in [-0.1, -0.05) is 0 Å². The molecular weight excluding hydrogens is 338 g/mol. The maximum atomic E-state index is 5.42. The monoisotopic (exact) mass is 369 g/mol. The van der Waals surface area contributed by atoms with Crippen LogP contribution < -0.4 is 19.7 Å². The predicted molar refractivity (Wildman–Crippen MR) is 106 cm³/mol. The molecule has 0 amide bonds. The van der Waals surface area contributed by atoms with Gasteiger partial charge in [0.2, 0.25) is 0 Å². The third kappa shape index (κ3) is 5.66. The second kappa shape index (κ2) is 10.1. The molecule has 0 aromatic heterocycles. The lowest BCUT2D eigenvalue weighted by Crippen LogP contribution is -2.38. The number of piperidine rings is 1. The second-order valence-corrected chi connectivity index (χ2v) is 6.91. The van der Waals surface area contributed by atoms with Gasteiger partial charge in [0.05, 0.1) is 14.2 Å². The van der Waals surface area contributed by atoms with Crippen molar-refractivity contribution in [3.63, 3.8) is 0 Å². The molecule has 0 radical (unpaired) electrons. The molecule has 0 aliphatic carbocycles. The van der Waals surface area contributed by atoms with Gasteiger partial charge in [0.1, 0.15) is 11.5 Å². The molecular formula is C19H32ClN3O2. The van der Waals surface area contributed by atoms with Crippen molar-refractivity contribution in [1.82, 2.24) is 10.2 Å². The summed E-state index contributed by atoms with van der Waals surface area (Å²) in [6.07, 6.45) is 3.87. The van der Waals surface area contributed by atoms with Gasteiger partial charge in [-0.2, -0.15) is 0 Å². The van der Waals surface area contributed by atoms with Gasteiger partial charge in [0.15, 0.2) is 0 Å². The summed E-state index contributed by atoms with van der Waals surface area (Å²) in [5.41, 5.74) is 1.20. The van der Waals surface area contributed by atoms with Crippen LogP contribution >= 0.6 is 12.4 Å². The average molecular weight is 370 g/mol. The molecule has 2 aliphatic rings. The minimum Gasteiger partial charge on any atom is -0.497 e. The van der Waals surface area contributed by atoms with Gasteiger partial charge in [-0.3, -0.25) is 0 Å². The van der Waals surface area contributed by atoms with Crippen molar-refractivity contribution in [2.45, 2.75) is 19.3 Å². The van der Waals surface area contributed by atoms with E-state index in [0.717, 1.165) is 37.1 Å². The molecule has 0 unspecified atom stereocenters. The van der Waals surface area contributed by atoms with E-state index in [-0.39, 0.29) is 12.4 Å². The summed E-state index contributed by atoms with van der Waals surface area (Å²) >= 11 is 0. The average Bonchev–Trinajstić information content (AvgIpc) is 2.87. The minimum absolute atomic E-state index is 0. The van der Waals surface area contributed by atoms with Crippen LogP contribution in [0.2, 0.25) is 0 Å². The molecule has 5 nitrogen and oxygen atoms in total. The Labute approximate surface area is 158 Å². The van der Waals surface area contributed by atoms with Crippen molar-refractivity contribution in [3.05, 3.63) is 18.2 Å². The van der Waals surface area contributed by atoms with Gasteiger partial charge < -0.3 is 24.6 Å². The molecule has 2 fully saturated rings. The van der Waals surface area contributed by atoms with Crippen LogP contribution in [-0.4, -0.2) is 64.9 Å². The number of methoxy groups -OCH3 is 2. The van der Waals surface area contributed by atoms with Crippen LogP contribution in [0.25, 0.3) is 0 Å². The van der Waals surface area contributed by atoms with Crippen LogP contribution in [0, 0.1) is 5.92 Å². The zero-order valence-corrected chi connectivity index (χ0v) is 16.3. The minimum atomic E-state index is 0. The highest BCUT2D eigenvalue weighted by Crippen LogP contribution is 2.29. The quantitative estimate of drug-likeness (QED) is 0.863. The first-order valence-corrected chi connectivity index (χ1v) is 9.19. The molecule has 3 rings (SSSR count). The molecule has 2 heterocycles. The zero-order valence-electron chi connectivity index (χ0n) is 15.5. The molecule has 0 saturated carbocycles. The topological polar surface area (TPSA) is 37.0 Å². The van der Waals surface area contributed by atoms with Crippen LogP contribution in [0.5, 0.6) is 11.5 Å². The fourth-order valence-electron chi connectivity index (χ4n) is 3.82. The Kier molecular flexibility index (Phi) is 8.13. The molecule has 142 valence electrons. The van der Waals surface area contributed by atoms with Crippen molar-refractivity contribution in [2.75, 3.05) is 64.9 Å². The molecule has 1 aromatic carbocycles. The third-order valence-electron chi connectivity index (χ3n) is 5.26. The van der Waals surface area contributed by atoms with Crippen molar-refractivity contribution in [1.29, 1.82) is 0 Å². The van der Waals surface area contributed by atoms with Gasteiger partial charge in [-0.15, -0.1) is 12.4 Å². The van der Waals surface area contributed by atoms with Gasteiger partial charge in [-0.25, -0.2) is 0 Å². The molecule has 0 bridgehead atoms. The van der Waals surface area contributed by atoms with E-state index in [0.29, 0.717) is 0 Å². The molecule has 6 heteroatoms. The van der Waals surface area contributed by atoms with Crippen LogP contribution in [-0.2, 0) is 0 Å². The lowest BCUT2D eigenvalue weighted by Gasteiger charge is -2.29. The van der Waals surface area contributed by atoms with Crippen molar-refractivity contribution in [3.8, 4) is 11.5 Å². The van der Waals surface area contributed by atoms with E-state index in [1.165, 1.54) is 51.1 Å². The molecule has 2 saturated heterocycles. The standard InChI is InChI=1S/C19H31N3O2.ClH/c1-23-18-12-17(13-19(14-18)24-2)22-9-3-8-21(10-11-22)15-16-4-6-20-7-5-16;/h12-14,16,20H,3-11,15H2,1-2H3;1H.